The summed E-state index contributed by atoms with van der Waals surface area (Å²) in [6.45, 7) is 3.34. The van der Waals surface area contributed by atoms with Gasteiger partial charge in [-0.15, -0.1) is 0 Å². The Hall–Kier alpha value is -1.02. The Morgan fingerprint density at radius 2 is 2.15 bits per heavy atom. The molecular formula is C18H25NO. The summed E-state index contributed by atoms with van der Waals surface area (Å²) in [5, 5.41) is 3.76. The van der Waals surface area contributed by atoms with Crippen LogP contribution in [0.1, 0.15) is 57.1 Å². The summed E-state index contributed by atoms with van der Waals surface area (Å²) in [7, 11) is 0. The van der Waals surface area contributed by atoms with Gasteiger partial charge in [0.25, 0.3) is 0 Å². The fourth-order valence-electron chi connectivity index (χ4n) is 4.85. The number of nitrogens with one attached hydrogen (secondary N) is 1. The minimum absolute atomic E-state index is 0.142. The van der Waals surface area contributed by atoms with Gasteiger partial charge in [0.1, 0.15) is 11.4 Å². The van der Waals surface area contributed by atoms with Gasteiger partial charge in [-0.2, -0.15) is 0 Å². The van der Waals surface area contributed by atoms with Crippen LogP contribution in [0.3, 0.4) is 0 Å². The number of para-hydroxylation sites is 1. The smallest absolute Gasteiger partial charge is 0.124 e. The highest BCUT2D eigenvalue weighted by molar-refractivity contribution is 5.39. The van der Waals surface area contributed by atoms with E-state index in [0.717, 1.165) is 24.1 Å². The third kappa shape index (κ3) is 1.88. The number of ether oxygens (including phenoxy) is 1. The maximum Gasteiger partial charge on any atom is 0.124 e. The van der Waals surface area contributed by atoms with E-state index in [9.17, 15) is 0 Å². The summed E-state index contributed by atoms with van der Waals surface area (Å²) in [6.07, 6.45) is 7.88. The molecule has 20 heavy (non-hydrogen) atoms. The van der Waals surface area contributed by atoms with Crippen LogP contribution >= 0.6 is 0 Å². The van der Waals surface area contributed by atoms with Crippen molar-refractivity contribution in [2.75, 3.05) is 6.54 Å². The molecule has 3 aliphatic rings. The molecule has 1 N–H and O–H groups in total. The van der Waals surface area contributed by atoms with E-state index >= 15 is 0 Å². The molecule has 2 saturated carbocycles. The number of rotatable bonds is 3. The Morgan fingerprint density at radius 1 is 1.25 bits per heavy atom. The summed E-state index contributed by atoms with van der Waals surface area (Å²) in [4.78, 5) is 0. The third-order valence-corrected chi connectivity index (χ3v) is 5.72. The second kappa shape index (κ2) is 4.77. The molecule has 4 atom stereocenters. The van der Waals surface area contributed by atoms with E-state index in [4.69, 9.17) is 4.74 Å². The van der Waals surface area contributed by atoms with Crippen LogP contribution in [0.25, 0.3) is 0 Å². The highest BCUT2D eigenvalue weighted by Gasteiger charge is 2.55. The second-order valence-corrected chi connectivity index (χ2v) is 7.00. The molecule has 2 aliphatic carbocycles. The van der Waals surface area contributed by atoms with Crippen molar-refractivity contribution in [3.63, 3.8) is 0 Å². The van der Waals surface area contributed by atoms with Gasteiger partial charge in [0, 0.05) is 18.0 Å². The second-order valence-electron chi connectivity index (χ2n) is 7.00. The van der Waals surface area contributed by atoms with Crippen LogP contribution in [0.15, 0.2) is 24.3 Å². The molecule has 108 valence electrons. The number of hydrogen-bond acceptors (Lipinski definition) is 2. The summed E-state index contributed by atoms with van der Waals surface area (Å²) >= 11 is 0. The van der Waals surface area contributed by atoms with E-state index in [2.05, 4.69) is 36.5 Å². The van der Waals surface area contributed by atoms with Gasteiger partial charge in [0.15, 0.2) is 0 Å². The third-order valence-electron chi connectivity index (χ3n) is 5.72. The predicted octanol–water partition coefficient (Wildman–Crippen LogP) is 4.07. The van der Waals surface area contributed by atoms with E-state index in [1.807, 2.05) is 0 Å². The first kappa shape index (κ1) is 12.7. The van der Waals surface area contributed by atoms with Crippen molar-refractivity contribution >= 4 is 0 Å². The summed E-state index contributed by atoms with van der Waals surface area (Å²) < 4.78 is 6.58. The maximum atomic E-state index is 6.58. The number of hydrogen-bond donors (Lipinski definition) is 1. The van der Waals surface area contributed by atoms with Crippen LogP contribution in [-0.2, 0) is 0 Å². The van der Waals surface area contributed by atoms with E-state index in [-0.39, 0.29) is 5.60 Å². The van der Waals surface area contributed by atoms with Gasteiger partial charge < -0.3 is 10.1 Å². The van der Waals surface area contributed by atoms with Crippen LogP contribution in [0, 0.1) is 11.8 Å². The van der Waals surface area contributed by atoms with Gasteiger partial charge in [0.05, 0.1) is 0 Å². The van der Waals surface area contributed by atoms with Gasteiger partial charge in [-0.25, -0.2) is 0 Å². The molecule has 2 nitrogen and oxygen atoms in total. The average Bonchev–Trinajstić information content (AvgIpc) is 3.05. The lowest BCUT2D eigenvalue weighted by Gasteiger charge is -2.45. The zero-order chi connectivity index (χ0) is 13.6. The topological polar surface area (TPSA) is 21.3 Å². The first-order valence-electron chi connectivity index (χ1n) is 8.32. The fourth-order valence-corrected chi connectivity index (χ4v) is 4.85. The van der Waals surface area contributed by atoms with Gasteiger partial charge in [-0.1, -0.05) is 25.1 Å². The zero-order valence-corrected chi connectivity index (χ0v) is 12.4. The van der Waals surface area contributed by atoms with Crippen molar-refractivity contribution in [2.24, 2.45) is 11.8 Å². The lowest BCUT2D eigenvalue weighted by molar-refractivity contribution is -0.0183. The van der Waals surface area contributed by atoms with E-state index in [1.54, 1.807) is 0 Å². The Morgan fingerprint density at radius 3 is 2.90 bits per heavy atom. The van der Waals surface area contributed by atoms with Gasteiger partial charge in [-0.3, -0.25) is 0 Å². The molecule has 0 radical (unpaired) electrons. The van der Waals surface area contributed by atoms with Crippen LogP contribution in [0.5, 0.6) is 5.75 Å². The SMILES string of the molecule is CCCNC1CC2(CC3CCC2C3)Oc2ccccc21. The van der Waals surface area contributed by atoms with Crippen LogP contribution in [-0.4, -0.2) is 12.1 Å². The summed E-state index contributed by atoms with van der Waals surface area (Å²) in [5.41, 5.74) is 1.51. The summed E-state index contributed by atoms with van der Waals surface area (Å²) in [5.74, 6) is 2.86. The minimum Gasteiger partial charge on any atom is -0.487 e. The molecule has 0 amide bonds. The molecule has 2 fully saturated rings. The first-order chi connectivity index (χ1) is 9.81. The fraction of sp³-hybridized carbons (Fsp3) is 0.667. The first-order valence-corrected chi connectivity index (χ1v) is 8.32. The highest BCUT2D eigenvalue weighted by atomic mass is 16.5. The molecule has 0 aromatic heterocycles. The maximum absolute atomic E-state index is 6.58. The van der Waals surface area contributed by atoms with Crippen LogP contribution in [0.4, 0.5) is 0 Å². The lowest BCUT2D eigenvalue weighted by atomic mass is 9.76. The van der Waals surface area contributed by atoms with Crippen molar-refractivity contribution in [2.45, 2.75) is 57.1 Å². The average molecular weight is 271 g/mol. The molecule has 4 unspecified atom stereocenters. The Kier molecular flexibility index (Phi) is 3.03. The standard InChI is InChI=1S/C18H25NO/c1-2-9-19-16-12-18(11-13-7-8-14(18)10-13)20-17-6-4-3-5-15(16)17/h3-6,13-14,16,19H,2,7-12H2,1H3. The Labute approximate surface area is 121 Å². The van der Waals surface area contributed by atoms with Crippen LogP contribution < -0.4 is 10.1 Å². The van der Waals surface area contributed by atoms with Crippen molar-refractivity contribution in [1.29, 1.82) is 0 Å². The largest absolute Gasteiger partial charge is 0.487 e. The molecule has 2 heteroatoms. The molecule has 1 aromatic carbocycles. The van der Waals surface area contributed by atoms with Crippen molar-refractivity contribution in [3.8, 4) is 5.75 Å². The van der Waals surface area contributed by atoms with Crippen molar-refractivity contribution < 1.29 is 4.74 Å². The predicted molar refractivity (Wildman–Crippen MR) is 80.9 cm³/mol. The zero-order valence-electron chi connectivity index (χ0n) is 12.4. The minimum atomic E-state index is 0.142. The van der Waals surface area contributed by atoms with Crippen molar-refractivity contribution in [3.05, 3.63) is 29.8 Å². The van der Waals surface area contributed by atoms with E-state index in [1.165, 1.54) is 44.1 Å². The normalized spacial score (nSPS) is 38.0. The molecule has 2 bridgehead atoms. The highest BCUT2D eigenvalue weighted by Crippen LogP contribution is 2.57. The molecule has 1 aliphatic heterocycles. The number of benzene rings is 1. The molecule has 1 heterocycles. The molecular weight excluding hydrogens is 246 g/mol. The molecule has 0 saturated heterocycles. The monoisotopic (exact) mass is 271 g/mol. The van der Waals surface area contributed by atoms with Crippen molar-refractivity contribution in [1.82, 2.24) is 5.32 Å². The van der Waals surface area contributed by atoms with Gasteiger partial charge >= 0.3 is 0 Å². The molecule has 1 spiro atoms. The Balaban J connectivity index is 1.66. The molecule has 1 aromatic rings. The summed E-state index contributed by atoms with van der Waals surface area (Å²) in [6, 6.07) is 9.15. The van der Waals surface area contributed by atoms with Crippen LogP contribution in [0.2, 0.25) is 0 Å². The Bertz CT molecular complexity index is 500. The van der Waals surface area contributed by atoms with Gasteiger partial charge in [-0.05, 0) is 56.6 Å². The molecule has 4 rings (SSSR count). The van der Waals surface area contributed by atoms with E-state index in [0.29, 0.717) is 6.04 Å². The van der Waals surface area contributed by atoms with Gasteiger partial charge in [0.2, 0.25) is 0 Å². The lowest BCUT2D eigenvalue weighted by Crippen LogP contribution is -2.48. The van der Waals surface area contributed by atoms with E-state index < -0.39 is 0 Å². The quantitative estimate of drug-likeness (QED) is 0.895. The number of fused-ring (bicyclic) bond motifs is 4.